The largest absolute Gasteiger partial charge is 0.348 e. The van der Waals surface area contributed by atoms with Crippen molar-refractivity contribution in [3.05, 3.63) is 22.7 Å². The van der Waals surface area contributed by atoms with E-state index in [0.717, 1.165) is 19.3 Å². The number of nitrogens with zero attached hydrogens (tertiary/aromatic N) is 2. The van der Waals surface area contributed by atoms with Crippen molar-refractivity contribution in [3.63, 3.8) is 0 Å². The van der Waals surface area contributed by atoms with Crippen LogP contribution in [0, 0.1) is 12.3 Å². The summed E-state index contributed by atoms with van der Waals surface area (Å²) < 4.78 is 0. The van der Waals surface area contributed by atoms with E-state index in [0.29, 0.717) is 16.8 Å². The number of amides is 1. The van der Waals surface area contributed by atoms with Crippen molar-refractivity contribution in [3.8, 4) is 0 Å². The summed E-state index contributed by atoms with van der Waals surface area (Å²) in [4.78, 5) is 20.0. The molecular weight excluding hydrogens is 250 g/mol. The molecule has 4 nitrogen and oxygen atoms in total. The van der Waals surface area contributed by atoms with E-state index in [2.05, 4.69) is 29.1 Å². The summed E-state index contributed by atoms with van der Waals surface area (Å²) in [5, 5.41) is 3.13. The van der Waals surface area contributed by atoms with Crippen molar-refractivity contribution in [2.24, 2.45) is 5.41 Å². The minimum atomic E-state index is -0.162. The second kappa shape index (κ2) is 4.84. The van der Waals surface area contributed by atoms with Crippen LogP contribution >= 0.6 is 11.6 Å². The molecule has 1 aromatic heterocycles. The molecule has 1 atom stereocenters. The Kier molecular flexibility index (Phi) is 3.57. The zero-order valence-corrected chi connectivity index (χ0v) is 11.7. The summed E-state index contributed by atoms with van der Waals surface area (Å²) >= 11 is 5.75. The molecule has 0 spiro atoms. The Labute approximate surface area is 112 Å². The Morgan fingerprint density at radius 3 is 2.78 bits per heavy atom. The predicted molar refractivity (Wildman–Crippen MR) is 70.7 cm³/mol. The molecule has 1 fully saturated rings. The molecule has 0 saturated heterocycles. The lowest BCUT2D eigenvalue weighted by Gasteiger charge is -2.17. The van der Waals surface area contributed by atoms with Gasteiger partial charge in [-0.3, -0.25) is 4.79 Å². The van der Waals surface area contributed by atoms with E-state index >= 15 is 0 Å². The van der Waals surface area contributed by atoms with E-state index in [1.165, 1.54) is 0 Å². The summed E-state index contributed by atoms with van der Waals surface area (Å²) in [6.07, 6.45) is 3.18. The maximum Gasteiger partial charge on any atom is 0.270 e. The van der Waals surface area contributed by atoms with E-state index in [9.17, 15) is 4.79 Å². The quantitative estimate of drug-likeness (QED) is 0.839. The molecule has 1 aliphatic carbocycles. The van der Waals surface area contributed by atoms with Gasteiger partial charge in [-0.15, -0.1) is 0 Å². The number of nitrogens with one attached hydrogen (secondary N) is 1. The van der Waals surface area contributed by atoms with E-state index in [1.807, 2.05) is 0 Å². The SMILES string of the molecule is Cc1cc(C(=O)NC2CCC(C)(C)C2)nc(Cl)n1. The van der Waals surface area contributed by atoms with Gasteiger partial charge >= 0.3 is 0 Å². The fourth-order valence-electron chi connectivity index (χ4n) is 2.47. The van der Waals surface area contributed by atoms with Crippen molar-refractivity contribution >= 4 is 17.5 Å². The number of aromatic nitrogens is 2. The maximum absolute atomic E-state index is 12.1. The molecule has 0 radical (unpaired) electrons. The van der Waals surface area contributed by atoms with Gasteiger partial charge in [-0.05, 0) is 49.3 Å². The Morgan fingerprint density at radius 2 is 2.22 bits per heavy atom. The number of halogens is 1. The van der Waals surface area contributed by atoms with Gasteiger partial charge in [-0.25, -0.2) is 9.97 Å². The highest BCUT2D eigenvalue weighted by molar-refractivity contribution is 6.28. The molecule has 1 heterocycles. The molecule has 1 amide bonds. The molecule has 1 saturated carbocycles. The van der Waals surface area contributed by atoms with Gasteiger partial charge in [-0.2, -0.15) is 0 Å². The average molecular weight is 268 g/mol. The van der Waals surface area contributed by atoms with Gasteiger partial charge in [0.05, 0.1) is 0 Å². The van der Waals surface area contributed by atoms with Crippen molar-refractivity contribution in [1.82, 2.24) is 15.3 Å². The number of hydrogen-bond acceptors (Lipinski definition) is 3. The maximum atomic E-state index is 12.1. The summed E-state index contributed by atoms with van der Waals surface area (Å²) in [6, 6.07) is 1.89. The van der Waals surface area contributed by atoms with E-state index in [4.69, 9.17) is 11.6 Å². The molecule has 0 aromatic carbocycles. The fourth-order valence-corrected chi connectivity index (χ4v) is 2.69. The van der Waals surface area contributed by atoms with Crippen LogP contribution in [0.1, 0.15) is 49.3 Å². The second-order valence-electron chi connectivity index (χ2n) is 5.74. The van der Waals surface area contributed by atoms with Crippen LogP contribution in [0.5, 0.6) is 0 Å². The Bertz CT molecular complexity index is 453. The van der Waals surface area contributed by atoms with Crippen molar-refractivity contribution in [1.29, 1.82) is 0 Å². The van der Waals surface area contributed by atoms with Gasteiger partial charge in [-0.1, -0.05) is 13.8 Å². The molecular formula is C13H18ClN3O. The van der Waals surface area contributed by atoms with Crippen molar-refractivity contribution in [2.45, 2.75) is 46.1 Å². The molecule has 1 aromatic rings. The fraction of sp³-hybridized carbons (Fsp3) is 0.615. The smallest absolute Gasteiger partial charge is 0.270 e. The molecule has 0 bridgehead atoms. The first-order valence-corrected chi connectivity index (χ1v) is 6.56. The minimum absolute atomic E-state index is 0.118. The van der Waals surface area contributed by atoms with Gasteiger partial charge in [0.2, 0.25) is 5.28 Å². The Hall–Kier alpha value is -1.16. The molecule has 5 heteroatoms. The van der Waals surface area contributed by atoms with Crippen LogP contribution in [0.4, 0.5) is 0 Å². The molecule has 1 aliphatic rings. The highest BCUT2D eigenvalue weighted by Crippen LogP contribution is 2.36. The summed E-state index contributed by atoms with van der Waals surface area (Å²) in [6.45, 7) is 6.25. The lowest BCUT2D eigenvalue weighted by Crippen LogP contribution is -2.34. The molecule has 98 valence electrons. The number of carbonyl (C=O) groups is 1. The second-order valence-corrected chi connectivity index (χ2v) is 6.08. The van der Waals surface area contributed by atoms with Crippen LogP contribution in [0.15, 0.2) is 6.07 Å². The minimum Gasteiger partial charge on any atom is -0.348 e. The third-order valence-corrected chi connectivity index (χ3v) is 3.53. The highest BCUT2D eigenvalue weighted by Gasteiger charge is 2.32. The number of aryl methyl sites for hydroxylation is 1. The Morgan fingerprint density at radius 1 is 1.50 bits per heavy atom. The van der Waals surface area contributed by atoms with Crippen LogP contribution in [0.2, 0.25) is 5.28 Å². The van der Waals surface area contributed by atoms with Crippen LogP contribution in [0.25, 0.3) is 0 Å². The summed E-state index contributed by atoms with van der Waals surface area (Å²) in [5.41, 5.74) is 1.36. The van der Waals surface area contributed by atoms with Crippen LogP contribution in [-0.4, -0.2) is 21.9 Å². The average Bonchev–Trinajstić information content (AvgIpc) is 2.56. The molecule has 1 unspecified atom stereocenters. The van der Waals surface area contributed by atoms with Crippen molar-refractivity contribution < 1.29 is 4.79 Å². The summed E-state index contributed by atoms with van der Waals surface area (Å²) in [7, 11) is 0. The van der Waals surface area contributed by atoms with Gasteiger partial charge in [0.1, 0.15) is 5.69 Å². The van der Waals surface area contributed by atoms with E-state index in [1.54, 1.807) is 13.0 Å². The van der Waals surface area contributed by atoms with Crippen LogP contribution in [-0.2, 0) is 0 Å². The topological polar surface area (TPSA) is 54.9 Å². The first-order chi connectivity index (χ1) is 8.35. The highest BCUT2D eigenvalue weighted by atomic mass is 35.5. The third-order valence-electron chi connectivity index (χ3n) is 3.36. The molecule has 0 aliphatic heterocycles. The predicted octanol–water partition coefficient (Wildman–Crippen LogP) is 2.75. The monoisotopic (exact) mass is 267 g/mol. The molecule has 18 heavy (non-hydrogen) atoms. The zero-order chi connectivity index (χ0) is 13.3. The number of rotatable bonds is 2. The first kappa shape index (κ1) is 13.3. The van der Waals surface area contributed by atoms with Crippen LogP contribution < -0.4 is 5.32 Å². The standard InChI is InChI=1S/C13H18ClN3O/c1-8-6-10(17-12(14)15-8)11(18)16-9-4-5-13(2,3)7-9/h6,9H,4-5,7H2,1-3H3,(H,16,18). The van der Waals surface area contributed by atoms with E-state index < -0.39 is 0 Å². The normalized spacial score (nSPS) is 21.9. The summed E-state index contributed by atoms with van der Waals surface area (Å²) in [5.74, 6) is -0.162. The van der Waals surface area contributed by atoms with Gasteiger partial charge in [0.15, 0.2) is 0 Å². The van der Waals surface area contributed by atoms with E-state index in [-0.39, 0.29) is 17.2 Å². The first-order valence-electron chi connectivity index (χ1n) is 6.18. The zero-order valence-electron chi connectivity index (χ0n) is 11.0. The lowest BCUT2D eigenvalue weighted by molar-refractivity contribution is 0.0930. The van der Waals surface area contributed by atoms with Crippen molar-refractivity contribution in [2.75, 3.05) is 0 Å². The number of hydrogen-bond donors (Lipinski definition) is 1. The molecule has 2 rings (SSSR count). The third kappa shape index (κ3) is 3.19. The Balaban J connectivity index is 2.04. The van der Waals surface area contributed by atoms with Gasteiger partial charge in [0.25, 0.3) is 5.91 Å². The van der Waals surface area contributed by atoms with Gasteiger partial charge < -0.3 is 5.32 Å². The number of carbonyl (C=O) groups excluding carboxylic acids is 1. The van der Waals surface area contributed by atoms with Crippen LogP contribution in [0.3, 0.4) is 0 Å². The van der Waals surface area contributed by atoms with Gasteiger partial charge in [0, 0.05) is 11.7 Å². The lowest BCUT2D eigenvalue weighted by atomic mass is 9.92. The molecule has 1 N–H and O–H groups in total.